The lowest BCUT2D eigenvalue weighted by atomic mass is 9.86. The normalized spacial score (nSPS) is 23.6. The molecule has 0 aromatic heterocycles. The van der Waals surface area contributed by atoms with Crippen molar-refractivity contribution in [3.05, 3.63) is 34.9 Å². The highest BCUT2D eigenvalue weighted by Crippen LogP contribution is 2.24. The van der Waals surface area contributed by atoms with E-state index in [1.165, 1.54) is 19.3 Å². The van der Waals surface area contributed by atoms with Crippen LogP contribution in [0.3, 0.4) is 0 Å². The van der Waals surface area contributed by atoms with E-state index in [2.05, 4.69) is 17.6 Å². The maximum atomic E-state index is 12.1. The first-order valence-electron chi connectivity index (χ1n) is 7.85. The Morgan fingerprint density at radius 2 is 2.05 bits per heavy atom. The highest BCUT2D eigenvalue weighted by molar-refractivity contribution is 6.31. The summed E-state index contributed by atoms with van der Waals surface area (Å²) in [5.41, 5.74) is 1.03. The topological polar surface area (TPSA) is 41.1 Å². The van der Waals surface area contributed by atoms with E-state index in [4.69, 9.17) is 11.6 Å². The molecule has 1 aromatic carbocycles. The molecule has 3 nitrogen and oxygen atoms in total. The second-order valence-electron chi connectivity index (χ2n) is 6.06. The van der Waals surface area contributed by atoms with E-state index in [0.29, 0.717) is 18.5 Å². The second-order valence-corrected chi connectivity index (χ2v) is 6.47. The van der Waals surface area contributed by atoms with Gasteiger partial charge in [-0.15, -0.1) is 0 Å². The molecular formula is C17H25ClN2O. The predicted molar refractivity (Wildman–Crippen MR) is 87.4 cm³/mol. The molecule has 0 saturated heterocycles. The van der Waals surface area contributed by atoms with E-state index in [1.54, 1.807) is 0 Å². The summed E-state index contributed by atoms with van der Waals surface area (Å²) in [5, 5.41) is 7.14. The van der Waals surface area contributed by atoms with E-state index in [-0.39, 0.29) is 11.9 Å². The van der Waals surface area contributed by atoms with Crippen molar-refractivity contribution in [2.45, 2.75) is 51.6 Å². The molecule has 0 unspecified atom stereocenters. The van der Waals surface area contributed by atoms with E-state index in [0.717, 1.165) is 17.0 Å². The van der Waals surface area contributed by atoms with Gasteiger partial charge in [-0.3, -0.25) is 4.79 Å². The van der Waals surface area contributed by atoms with Gasteiger partial charge < -0.3 is 10.6 Å². The molecule has 0 heterocycles. The summed E-state index contributed by atoms with van der Waals surface area (Å²) in [6.45, 7) is 4.58. The Hall–Kier alpha value is -1.06. The van der Waals surface area contributed by atoms with Crippen molar-refractivity contribution in [2.75, 3.05) is 6.54 Å². The molecule has 3 atom stereocenters. The summed E-state index contributed by atoms with van der Waals surface area (Å²) >= 11 is 6.17. The van der Waals surface area contributed by atoms with Gasteiger partial charge in [0.25, 0.3) is 0 Å². The van der Waals surface area contributed by atoms with Crippen LogP contribution in [-0.2, 0) is 4.79 Å². The summed E-state index contributed by atoms with van der Waals surface area (Å²) in [7, 11) is 0. The van der Waals surface area contributed by atoms with Crippen LogP contribution in [0, 0.1) is 5.92 Å². The molecule has 0 radical (unpaired) electrons. The lowest BCUT2D eigenvalue weighted by Gasteiger charge is -2.29. The number of rotatable bonds is 5. The van der Waals surface area contributed by atoms with Crippen molar-refractivity contribution < 1.29 is 4.79 Å². The van der Waals surface area contributed by atoms with E-state index >= 15 is 0 Å². The fourth-order valence-corrected chi connectivity index (χ4v) is 3.27. The number of carbonyl (C=O) groups is 1. The second kappa shape index (κ2) is 7.81. The van der Waals surface area contributed by atoms with E-state index in [1.807, 2.05) is 31.2 Å². The molecule has 116 valence electrons. The molecule has 2 rings (SSSR count). The average Bonchev–Trinajstić information content (AvgIpc) is 2.48. The van der Waals surface area contributed by atoms with Crippen LogP contribution in [-0.4, -0.2) is 18.5 Å². The fourth-order valence-electron chi connectivity index (χ4n) is 2.97. The zero-order valence-electron chi connectivity index (χ0n) is 12.9. The van der Waals surface area contributed by atoms with Crippen LogP contribution in [0.5, 0.6) is 0 Å². The molecule has 1 saturated carbocycles. The summed E-state index contributed by atoms with van der Waals surface area (Å²) < 4.78 is 0. The number of amides is 1. The van der Waals surface area contributed by atoms with Gasteiger partial charge in [-0.25, -0.2) is 0 Å². The van der Waals surface area contributed by atoms with Gasteiger partial charge in [0.2, 0.25) is 5.91 Å². The van der Waals surface area contributed by atoms with Crippen molar-refractivity contribution in [1.29, 1.82) is 0 Å². The predicted octanol–water partition coefficient (Wildman–Crippen LogP) is 3.69. The lowest BCUT2D eigenvalue weighted by Crippen LogP contribution is -2.45. The Kier molecular flexibility index (Phi) is 6.07. The van der Waals surface area contributed by atoms with Gasteiger partial charge in [0.15, 0.2) is 0 Å². The van der Waals surface area contributed by atoms with Crippen LogP contribution < -0.4 is 10.6 Å². The molecule has 1 amide bonds. The third-order valence-electron chi connectivity index (χ3n) is 4.40. The van der Waals surface area contributed by atoms with Crippen molar-refractivity contribution in [3.8, 4) is 0 Å². The van der Waals surface area contributed by atoms with Gasteiger partial charge in [0.05, 0.1) is 6.54 Å². The maximum Gasteiger partial charge on any atom is 0.234 e. The Morgan fingerprint density at radius 1 is 1.33 bits per heavy atom. The summed E-state index contributed by atoms with van der Waals surface area (Å²) in [6.07, 6.45) is 4.83. The zero-order chi connectivity index (χ0) is 15.2. The Labute approximate surface area is 132 Å². The van der Waals surface area contributed by atoms with Crippen LogP contribution in [0.2, 0.25) is 5.02 Å². The summed E-state index contributed by atoms with van der Waals surface area (Å²) in [5.74, 6) is 0.663. The number of hydrogen-bond acceptors (Lipinski definition) is 2. The van der Waals surface area contributed by atoms with Crippen LogP contribution in [0.1, 0.15) is 51.1 Å². The minimum atomic E-state index is 0.0632. The average molecular weight is 309 g/mol. The highest BCUT2D eigenvalue weighted by Gasteiger charge is 2.22. The molecule has 1 aromatic rings. The highest BCUT2D eigenvalue weighted by atomic mass is 35.5. The van der Waals surface area contributed by atoms with Gasteiger partial charge in [0.1, 0.15) is 0 Å². The molecule has 1 aliphatic carbocycles. The van der Waals surface area contributed by atoms with Crippen LogP contribution in [0.4, 0.5) is 0 Å². The monoisotopic (exact) mass is 308 g/mol. The van der Waals surface area contributed by atoms with Crippen molar-refractivity contribution in [1.82, 2.24) is 10.6 Å². The minimum Gasteiger partial charge on any atom is -0.352 e. The Balaban J connectivity index is 1.79. The van der Waals surface area contributed by atoms with Gasteiger partial charge in [0, 0.05) is 17.1 Å². The van der Waals surface area contributed by atoms with Gasteiger partial charge in [-0.1, -0.05) is 49.6 Å². The molecular weight excluding hydrogens is 284 g/mol. The Bertz CT molecular complexity index is 478. The van der Waals surface area contributed by atoms with Crippen molar-refractivity contribution >= 4 is 17.5 Å². The molecule has 0 aliphatic heterocycles. The number of hydrogen-bond donors (Lipinski definition) is 2. The van der Waals surface area contributed by atoms with Crippen molar-refractivity contribution in [3.63, 3.8) is 0 Å². The standard InChI is InChI=1S/C17H25ClN2O/c1-12-7-3-6-10-16(12)20-17(21)11-19-13(2)14-8-4-5-9-15(14)18/h4-5,8-9,12-13,16,19H,3,6-7,10-11H2,1-2H3,(H,20,21)/t12-,13+,16-/m1/s1. The molecule has 2 N–H and O–H groups in total. The zero-order valence-corrected chi connectivity index (χ0v) is 13.6. The van der Waals surface area contributed by atoms with Crippen molar-refractivity contribution in [2.24, 2.45) is 5.92 Å². The first-order chi connectivity index (χ1) is 10.1. The quantitative estimate of drug-likeness (QED) is 0.871. The van der Waals surface area contributed by atoms with Crippen LogP contribution in [0.25, 0.3) is 0 Å². The number of benzene rings is 1. The molecule has 0 spiro atoms. The number of carbonyl (C=O) groups excluding carboxylic acids is 1. The van der Waals surface area contributed by atoms with Gasteiger partial charge in [-0.05, 0) is 37.3 Å². The Morgan fingerprint density at radius 3 is 2.76 bits per heavy atom. The SMILES string of the molecule is C[C@H](NCC(=O)N[C@@H]1CCCC[C@H]1C)c1ccccc1Cl. The maximum absolute atomic E-state index is 12.1. The van der Waals surface area contributed by atoms with E-state index < -0.39 is 0 Å². The van der Waals surface area contributed by atoms with E-state index in [9.17, 15) is 4.79 Å². The van der Waals surface area contributed by atoms with Gasteiger partial charge in [-0.2, -0.15) is 0 Å². The van der Waals surface area contributed by atoms with Crippen LogP contribution in [0.15, 0.2) is 24.3 Å². The van der Waals surface area contributed by atoms with Gasteiger partial charge >= 0.3 is 0 Å². The molecule has 1 aliphatic rings. The summed E-state index contributed by atoms with van der Waals surface area (Å²) in [6, 6.07) is 8.13. The molecule has 21 heavy (non-hydrogen) atoms. The third kappa shape index (κ3) is 4.72. The fraction of sp³-hybridized carbons (Fsp3) is 0.588. The first kappa shape index (κ1) is 16.3. The van der Waals surface area contributed by atoms with Crippen LogP contribution >= 0.6 is 11.6 Å². The first-order valence-corrected chi connectivity index (χ1v) is 8.23. The number of nitrogens with one attached hydrogen (secondary N) is 2. The summed E-state index contributed by atoms with van der Waals surface area (Å²) in [4.78, 5) is 12.1. The molecule has 4 heteroatoms. The number of halogens is 1. The molecule has 0 bridgehead atoms. The smallest absolute Gasteiger partial charge is 0.234 e. The lowest BCUT2D eigenvalue weighted by molar-refractivity contribution is -0.121. The third-order valence-corrected chi connectivity index (χ3v) is 4.74. The minimum absolute atomic E-state index is 0.0632. The molecule has 1 fully saturated rings. The largest absolute Gasteiger partial charge is 0.352 e.